The van der Waals surface area contributed by atoms with E-state index in [1.807, 2.05) is 0 Å². The number of hydrazine groups is 1. The van der Waals surface area contributed by atoms with Crippen molar-refractivity contribution in [3.8, 4) is 0 Å². The molecule has 2 N–H and O–H groups in total. The van der Waals surface area contributed by atoms with E-state index in [9.17, 15) is 24.0 Å². The van der Waals surface area contributed by atoms with Crippen LogP contribution in [-0.4, -0.2) is 70.6 Å². The lowest BCUT2D eigenvalue weighted by atomic mass is 10.0. The van der Waals surface area contributed by atoms with E-state index < -0.39 is 48.1 Å². The Bertz CT molecular complexity index is 1040. The second-order valence-electron chi connectivity index (χ2n) is 8.79. The van der Waals surface area contributed by atoms with E-state index in [1.165, 1.54) is 5.01 Å². The minimum absolute atomic E-state index is 0.0514. The van der Waals surface area contributed by atoms with Gasteiger partial charge in [0.15, 0.2) is 0 Å². The van der Waals surface area contributed by atoms with E-state index in [-0.39, 0.29) is 25.2 Å². The van der Waals surface area contributed by atoms with Crippen molar-refractivity contribution in [1.29, 1.82) is 0 Å². The van der Waals surface area contributed by atoms with Crippen LogP contribution in [0.3, 0.4) is 0 Å². The van der Waals surface area contributed by atoms with Gasteiger partial charge in [0.2, 0.25) is 11.8 Å². The van der Waals surface area contributed by atoms with Crippen molar-refractivity contribution in [2.24, 2.45) is 0 Å². The van der Waals surface area contributed by atoms with Gasteiger partial charge in [-0.1, -0.05) is 24.8 Å². The highest BCUT2D eigenvalue weighted by molar-refractivity contribution is 5.99. The average Bonchev–Trinajstić information content (AvgIpc) is 3.12. The lowest BCUT2D eigenvalue weighted by Crippen LogP contribution is -2.64. The van der Waals surface area contributed by atoms with Crippen LogP contribution in [0.1, 0.15) is 49.4 Å². The number of fused-ring (bicyclic) bond motifs is 1. The standard InChI is InChI=1S/C24H28N4O7/c1-14(2)34-24-17(13-20(30)35-24)26-22(32)18-9-6-12-27-19(29)11-10-16(23(33)28(18)27)25-21(31)15-7-4-3-5-8-15/h3-5,7-8,16-18,24H,1,6,9-13H2,2H3,(H,25,31)(H,26,32). The number of esters is 1. The van der Waals surface area contributed by atoms with Gasteiger partial charge in [0, 0.05) is 18.5 Å². The molecule has 0 radical (unpaired) electrons. The van der Waals surface area contributed by atoms with Crippen LogP contribution in [0.15, 0.2) is 42.7 Å². The van der Waals surface area contributed by atoms with Gasteiger partial charge in [-0.15, -0.1) is 0 Å². The Hall–Kier alpha value is -3.89. The Morgan fingerprint density at radius 1 is 1.11 bits per heavy atom. The molecule has 4 rings (SSSR count). The number of benzene rings is 1. The lowest BCUT2D eigenvalue weighted by molar-refractivity contribution is -0.176. The average molecular weight is 485 g/mol. The molecular formula is C24H28N4O7. The van der Waals surface area contributed by atoms with Gasteiger partial charge < -0.3 is 20.1 Å². The van der Waals surface area contributed by atoms with Gasteiger partial charge >= 0.3 is 5.97 Å². The molecule has 35 heavy (non-hydrogen) atoms. The third kappa shape index (κ3) is 5.28. The molecule has 11 nitrogen and oxygen atoms in total. The highest BCUT2D eigenvalue weighted by atomic mass is 16.7. The molecule has 3 saturated heterocycles. The van der Waals surface area contributed by atoms with E-state index >= 15 is 0 Å². The summed E-state index contributed by atoms with van der Waals surface area (Å²) in [7, 11) is 0. The first kappa shape index (κ1) is 24.2. The molecule has 3 aliphatic heterocycles. The third-order valence-electron chi connectivity index (χ3n) is 6.11. The van der Waals surface area contributed by atoms with Crippen molar-refractivity contribution in [3.05, 3.63) is 48.2 Å². The molecule has 11 heteroatoms. The molecule has 1 aromatic carbocycles. The molecule has 186 valence electrons. The van der Waals surface area contributed by atoms with Crippen LogP contribution in [0.2, 0.25) is 0 Å². The maximum absolute atomic E-state index is 13.5. The fourth-order valence-corrected chi connectivity index (χ4v) is 4.48. The summed E-state index contributed by atoms with van der Waals surface area (Å²) < 4.78 is 10.5. The molecule has 4 atom stereocenters. The van der Waals surface area contributed by atoms with Crippen LogP contribution in [-0.2, 0) is 28.7 Å². The number of nitrogens with zero attached hydrogens (tertiary/aromatic N) is 2. The summed E-state index contributed by atoms with van der Waals surface area (Å²) >= 11 is 0. The first-order chi connectivity index (χ1) is 16.7. The van der Waals surface area contributed by atoms with Gasteiger partial charge in [-0.25, -0.2) is 5.01 Å². The number of cyclic esters (lactones) is 1. The Kier molecular flexibility index (Phi) is 7.04. The molecule has 0 bridgehead atoms. The minimum Gasteiger partial charge on any atom is -0.458 e. The van der Waals surface area contributed by atoms with Crippen LogP contribution >= 0.6 is 0 Å². The third-order valence-corrected chi connectivity index (χ3v) is 6.11. The zero-order chi connectivity index (χ0) is 25.1. The molecule has 4 amide bonds. The lowest BCUT2D eigenvalue weighted by Gasteiger charge is -2.43. The number of hydrogen-bond donors (Lipinski definition) is 2. The van der Waals surface area contributed by atoms with E-state index in [0.717, 1.165) is 5.01 Å². The molecule has 3 aliphatic rings. The molecule has 3 fully saturated rings. The fourth-order valence-electron chi connectivity index (χ4n) is 4.48. The Morgan fingerprint density at radius 3 is 2.57 bits per heavy atom. The van der Waals surface area contributed by atoms with Crippen molar-refractivity contribution in [1.82, 2.24) is 20.7 Å². The summed E-state index contributed by atoms with van der Waals surface area (Å²) in [5.41, 5.74) is 0.384. The monoisotopic (exact) mass is 484 g/mol. The van der Waals surface area contributed by atoms with Gasteiger partial charge in [-0.3, -0.25) is 29.0 Å². The number of amides is 4. The van der Waals surface area contributed by atoms with Gasteiger partial charge in [0.25, 0.3) is 18.1 Å². The summed E-state index contributed by atoms with van der Waals surface area (Å²) in [6.07, 6.45) is -0.118. The molecule has 0 aliphatic carbocycles. The predicted molar refractivity (Wildman–Crippen MR) is 121 cm³/mol. The SMILES string of the molecule is C=C(C)OC1OC(=O)CC1NC(=O)C1CCCN2C(=O)CCC(NC(=O)c3ccccc3)C(=O)N12. The van der Waals surface area contributed by atoms with Gasteiger partial charge in [0.05, 0.1) is 12.2 Å². The minimum atomic E-state index is -1.02. The molecule has 0 saturated carbocycles. The van der Waals surface area contributed by atoms with Crippen molar-refractivity contribution >= 4 is 29.6 Å². The van der Waals surface area contributed by atoms with Crippen LogP contribution in [0.5, 0.6) is 0 Å². The normalized spacial score (nSPS) is 26.4. The molecule has 0 spiro atoms. The summed E-state index contributed by atoms with van der Waals surface area (Å²) in [6.45, 7) is 5.51. The fraction of sp³-hybridized carbons (Fsp3) is 0.458. The molecule has 1 aromatic rings. The molecule has 4 unspecified atom stereocenters. The predicted octanol–water partition coefficient (Wildman–Crippen LogP) is 0.621. The second kappa shape index (κ2) is 10.2. The number of rotatable bonds is 6. The summed E-state index contributed by atoms with van der Waals surface area (Å²) in [5.74, 6) is -2.02. The number of ether oxygens (including phenoxy) is 2. The second-order valence-corrected chi connectivity index (χ2v) is 8.79. The number of allylic oxidation sites excluding steroid dienone is 1. The highest BCUT2D eigenvalue weighted by Crippen LogP contribution is 2.26. The van der Waals surface area contributed by atoms with E-state index in [4.69, 9.17) is 9.47 Å². The quantitative estimate of drug-likeness (QED) is 0.447. The van der Waals surface area contributed by atoms with E-state index in [2.05, 4.69) is 17.2 Å². The largest absolute Gasteiger partial charge is 0.458 e. The van der Waals surface area contributed by atoms with Crippen LogP contribution in [0.25, 0.3) is 0 Å². The Morgan fingerprint density at radius 2 is 1.86 bits per heavy atom. The number of nitrogens with one attached hydrogen (secondary N) is 2. The van der Waals surface area contributed by atoms with Crippen LogP contribution in [0.4, 0.5) is 0 Å². The molecule has 3 heterocycles. The van der Waals surface area contributed by atoms with Crippen LogP contribution in [0, 0.1) is 0 Å². The number of hydrogen-bond acceptors (Lipinski definition) is 7. The van der Waals surface area contributed by atoms with Crippen molar-refractivity contribution in [3.63, 3.8) is 0 Å². The molecule has 0 aromatic heterocycles. The number of carbonyl (C=O) groups excluding carboxylic acids is 5. The van der Waals surface area contributed by atoms with E-state index in [1.54, 1.807) is 37.3 Å². The zero-order valence-electron chi connectivity index (χ0n) is 19.4. The topological polar surface area (TPSA) is 134 Å². The van der Waals surface area contributed by atoms with Gasteiger partial charge in [-0.2, -0.15) is 0 Å². The van der Waals surface area contributed by atoms with Crippen molar-refractivity contribution in [2.75, 3.05) is 6.54 Å². The summed E-state index contributed by atoms with van der Waals surface area (Å²) in [4.78, 5) is 64.1. The summed E-state index contributed by atoms with van der Waals surface area (Å²) in [6, 6.07) is 5.71. The maximum atomic E-state index is 13.5. The first-order valence-electron chi connectivity index (χ1n) is 11.6. The first-order valence-corrected chi connectivity index (χ1v) is 11.6. The Labute approximate surface area is 202 Å². The Balaban J connectivity index is 1.52. The van der Waals surface area contributed by atoms with Crippen molar-refractivity contribution < 1.29 is 33.4 Å². The van der Waals surface area contributed by atoms with Gasteiger partial charge in [0.1, 0.15) is 18.1 Å². The van der Waals surface area contributed by atoms with Crippen molar-refractivity contribution in [2.45, 2.75) is 63.4 Å². The van der Waals surface area contributed by atoms with Gasteiger partial charge in [-0.05, 0) is 38.3 Å². The highest BCUT2D eigenvalue weighted by Gasteiger charge is 2.46. The zero-order valence-corrected chi connectivity index (χ0v) is 19.4. The van der Waals surface area contributed by atoms with Crippen LogP contribution < -0.4 is 10.6 Å². The maximum Gasteiger partial charge on any atom is 0.311 e. The smallest absolute Gasteiger partial charge is 0.311 e. The summed E-state index contributed by atoms with van der Waals surface area (Å²) in [5, 5.41) is 7.90. The van der Waals surface area contributed by atoms with E-state index in [0.29, 0.717) is 30.7 Å². The number of carbonyl (C=O) groups is 5. The molecular weight excluding hydrogens is 456 g/mol.